The van der Waals surface area contributed by atoms with E-state index >= 15 is 0 Å². The Hall–Kier alpha value is -1.80. The number of carbonyl (C=O) groups is 1. The van der Waals surface area contributed by atoms with Gasteiger partial charge in [-0.05, 0) is 25.0 Å². The van der Waals surface area contributed by atoms with Crippen LogP contribution >= 0.6 is 0 Å². The minimum Gasteiger partial charge on any atom is -0.497 e. The second-order valence-corrected chi connectivity index (χ2v) is 7.38. The Morgan fingerprint density at radius 2 is 1.91 bits per heavy atom. The van der Waals surface area contributed by atoms with Gasteiger partial charge in [-0.15, -0.1) is 0 Å². The largest absolute Gasteiger partial charge is 0.497 e. The fraction of sp³-hybridized carbons (Fsp3) is 0.533. The molecule has 1 fully saturated rings. The molecule has 1 saturated heterocycles. The smallest absolute Gasteiger partial charge is 0.225 e. The van der Waals surface area contributed by atoms with E-state index in [-0.39, 0.29) is 18.1 Å². The molecule has 2 rings (SSSR count). The standard InChI is InChI=1S/C15H22N2O5S/c1-21-12-5-6-14(22-2)13(11-12)16-15(18)7-10-23(19,20)17-8-3-4-9-17/h5-6,11H,3-4,7-10H2,1-2H3,(H,16,18). The molecule has 0 spiro atoms. The lowest BCUT2D eigenvalue weighted by Crippen LogP contribution is -2.31. The van der Waals surface area contributed by atoms with E-state index in [1.807, 2.05) is 0 Å². The lowest BCUT2D eigenvalue weighted by molar-refractivity contribution is -0.115. The number of nitrogens with zero attached hydrogens (tertiary/aromatic N) is 1. The fourth-order valence-electron chi connectivity index (χ4n) is 2.44. The first-order chi connectivity index (χ1) is 11.0. The summed E-state index contributed by atoms with van der Waals surface area (Å²) in [6, 6.07) is 5.02. The Kier molecular flexibility index (Phi) is 5.84. The monoisotopic (exact) mass is 342 g/mol. The number of ether oxygens (including phenoxy) is 2. The number of anilines is 1. The van der Waals surface area contributed by atoms with Gasteiger partial charge in [0.25, 0.3) is 0 Å². The van der Waals surface area contributed by atoms with Gasteiger partial charge in [0, 0.05) is 25.6 Å². The number of amides is 1. The molecule has 1 aromatic rings. The molecule has 23 heavy (non-hydrogen) atoms. The van der Waals surface area contributed by atoms with Crippen molar-refractivity contribution in [3.8, 4) is 11.5 Å². The van der Waals surface area contributed by atoms with Gasteiger partial charge in [0.1, 0.15) is 11.5 Å². The van der Waals surface area contributed by atoms with Gasteiger partial charge >= 0.3 is 0 Å². The van der Waals surface area contributed by atoms with E-state index in [0.29, 0.717) is 30.3 Å². The molecule has 0 atom stereocenters. The lowest BCUT2D eigenvalue weighted by Gasteiger charge is -2.15. The molecule has 7 nitrogen and oxygen atoms in total. The summed E-state index contributed by atoms with van der Waals surface area (Å²) in [6.07, 6.45) is 1.66. The van der Waals surface area contributed by atoms with Crippen LogP contribution in [0.2, 0.25) is 0 Å². The van der Waals surface area contributed by atoms with Crippen molar-refractivity contribution >= 4 is 21.6 Å². The van der Waals surface area contributed by atoms with Crippen LogP contribution in [0.3, 0.4) is 0 Å². The van der Waals surface area contributed by atoms with Crippen LogP contribution < -0.4 is 14.8 Å². The second kappa shape index (κ2) is 7.65. The quantitative estimate of drug-likeness (QED) is 0.811. The van der Waals surface area contributed by atoms with E-state index in [4.69, 9.17) is 9.47 Å². The summed E-state index contributed by atoms with van der Waals surface area (Å²) in [5, 5.41) is 2.67. The molecule has 1 heterocycles. The van der Waals surface area contributed by atoms with Gasteiger partial charge < -0.3 is 14.8 Å². The maximum Gasteiger partial charge on any atom is 0.225 e. The molecule has 1 amide bonds. The third-order valence-electron chi connectivity index (χ3n) is 3.73. The molecule has 1 aromatic carbocycles. The molecule has 0 unspecified atom stereocenters. The number of rotatable bonds is 7. The molecule has 0 saturated carbocycles. The number of benzene rings is 1. The minimum absolute atomic E-state index is 0.0980. The molecular weight excluding hydrogens is 320 g/mol. The number of sulfonamides is 1. The normalized spacial score (nSPS) is 15.4. The summed E-state index contributed by atoms with van der Waals surface area (Å²) in [4.78, 5) is 12.1. The van der Waals surface area contributed by atoms with Crippen LogP contribution in [0.1, 0.15) is 19.3 Å². The van der Waals surface area contributed by atoms with Crippen molar-refractivity contribution in [2.45, 2.75) is 19.3 Å². The van der Waals surface area contributed by atoms with Crippen molar-refractivity contribution in [3.63, 3.8) is 0 Å². The van der Waals surface area contributed by atoms with Crippen LogP contribution in [0.25, 0.3) is 0 Å². The van der Waals surface area contributed by atoms with E-state index in [9.17, 15) is 13.2 Å². The van der Waals surface area contributed by atoms with Gasteiger partial charge in [-0.3, -0.25) is 4.79 Å². The zero-order valence-corrected chi connectivity index (χ0v) is 14.2. The maximum atomic E-state index is 12.1. The highest BCUT2D eigenvalue weighted by Crippen LogP contribution is 2.29. The summed E-state index contributed by atoms with van der Waals surface area (Å²) < 4.78 is 36.0. The number of nitrogens with one attached hydrogen (secondary N) is 1. The van der Waals surface area contributed by atoms with Crippen molar-refractivity contribution in [1.82, 2.24) is 4.31 Å². The van der Waals surface area contributed by atoms with Gasteiger partial charge in [0.2, 0.25) is 15.9 Å². The van der Waals surface area contributed by atoms with E-state index < -0.39 is 10.0 Å². The SMILES string of the molecule is COc1ccc(OC)c(NC(=O)CCS(=O)(=O)N2CCCC2)c1. The zero-order chi connectivity index (χ0) is 16.9. The van der Waals surface area contributed by atoms with Crippen LogP contribution in [-0.2, 0) is 14.8 Å². The molecule has 1 aliphatic rings. The number of methoxy groups -OCH3 is 2. The molecule has 0 bridgehead atoms. The number of hydrogen-bond donors (Lipinski definition) is 1. The van der Waals surface area contributed by atoms with Crippen LogP contribution in [0.4, 0.5) is 5.69 Å². The third kappa shape index (κ3) is 4.59. The predicted octanol–water partition coefficient (Wildman–Crippen LogP) is 1.46. The van der Waals surface area contributed by atoms with E-state index in [2.05, 4.69) is 5.32 Å². The van der Waals surface area contributed by atoms with Gasteiger partial charge in [0.15, 0.2) is 0 Å². The Morgan fingerprint density at radius 3 is 2.52 bits per heavy atom. The fourth-order valence-corrected chi connectivity index (χ4v) is 3.96. The highest BCUT2D eigenvalue weighted by molar-refractivity contribution is 7.89. The Balaban J connectivity index is 1.97. The molecule has 0 aliphatic carbocycles. The van der Waals surface area contributed by atoms with Gasteiger partial charge in [0.05, 0.1) is 25.7 Å². The Morgan fingerprint density at radius 1 is 1.22 bits per heavy atom. The van der Waals surface area contributed by atoms with Gasteiger partial charge in [-0.2, -0.15) is 0 Å². The van der Waals surface area contributed by atoms with E-state index in [1.54, 1.807) is 18.2 Å². The maximum absolute atomic E-state index is 12.1. The van der Waals surface area contributed by atoms with Crippen molar-refractivity contribution in [2.24, 2.45) is 0 Å². The van der Waals surface area contributed by atoms with Crippen LogP contribution in [0.15, 0.2) is 18.2 Å². The second-order valence-electron chi connectivity index (χ2n) is 5.29. The topological polar surface area (TPSA) is 84.9 Å². The highest BCUT2D eigenvalue weighted by atomic mass is 32.2. The molecule has 0 radical (unpaired) electrons. The lowest BCUT2D eigenvalue weighted by atomic mass is 10.2. The Bertz CT molecular complexity index is 654. The minimum atomic E-state index is -3.36. The van der Waals surface area contributed by atoms with Gasteiger partial charge in [-0.1, -0.05) is 0 Å². The first kappa shape index (κ1) is 17.6. The molecule has 0 aromatic heterocycles. The highest BCUT2D eigenvalue weighted by Gasteiger charge is 2.25. The van der Waals surface area contributed by atoms with E-state index in [0.717, 1.165) is 12.8 Å². The summed E-state index contributed by atoms with van der Waals surface area (Å²) in [6.45, 7) is 1.10. The van der Waals surface area contributed by atoms with Gasteiger partial charge in [-0.25, -0.2) is 12.7 Å². The van der Waals surface area contributed by atoms with Crippen molar-refractivity contribution in [2.75, 3.05) is 38.4 Å². The summed E-state index contributed by atoms with van der Waals surface area (Å²) in [5.41, 5.74) is 0.454. The summed E-state index contributed by atoms with van der Waals surface area (Å²) >= 11 is 0. The summed E-state index contributed by atoms with van der Waals surface area (Å²) in [5.74, 6) is 0.497. The first-order valence-corrected chi connectivity index (χ1v) is 9.07. The van der Waals surface area contributed by atoms with Crippen LogP contribution in [-0.4, -0.2) is 51.7 Å². The summed E-state index contributed by atoms with van der Waals surface area (Å²) in [7, 11) is -0.340. The average Bonchev–Trinajstić information content (AvgIpc) is 3.08. The molecule has 8 heteroatoms. The number of hydrogen-bond acceptors (Lipinski definition) is 5. The zero-order valence-electron chi connectivity index (χ0n) is 13.4. The average molecular weight is 342 g/mol. The Labute approximate surface area is 136 Å². The first-order valence-electron chi connectivity index (χ1n) is 7.46. The third-order valence-corrected chi connectivity index (χ3v) is 5.60. The predicted molar refractivity (Wildman–Crippen MR) is 87.4 cm³/mol. The molecule has 1 aliphatic heterocycles. The molecular formula is C15H22N2O5S. The molecule has 128 valence electrons. The van der Waals surface area contributed by atoms with E-state index in [1.165, 1.54) is 18.5 Å². The number of carbonyl (C=O) groups excluding carboxylic acids is 1. The van der Waals surface area contributed by atoms with Crippen molar-refractivity contribution in [1.29, 1.82) is 0 Å². The van der Waals surface area contributed by atoms with Crippen LogP contribution in [0.5, 0.6) is 11.5 Å². The van der Waals surface area contributed by atoms with Crippen molar-refractivity contribution < 1.29 is 22.7 Å². The van der Waals surface area contributed by atoms with Crippen molar-refractivity contribution in [3.05, 3.63) is 18.2 Å². The molecule has 1 N–H and O–H groups in total. The van der Waals surface area contributed by atoms with Crippen LogP contribution in [0, 0.1) is 0 Å².